The van der Waals surface area contributed by atoms with E-state index in [1.807, 2.05) is 13.8 Å². The van der Waals surface area contributed by atoms with Gasteiger partial charge >= 0.3 is 6.18 Å². The van der Waals surface area contributed by atoms with Gasteiger partial charge in [0.2, 0.25) is 5.88 Å². The van der Waals surface area contributed by atoms with E-state index < -0.39 is 17.3 Å². The predicted molar refractivity (Wildman–Crippen MR) is 110 cm³/mol. The Kier molecular flexibility index (Phi) is 10.4. The van der Waals surface area contributed by atoms with Crippen molar-refractivity contribution in [3.8, 4) is 11.6 Å². The van der Waals surface area contributed by atoms with Crippen LogP contribution in [0.5, 0.6) is 11.6 Å². The van der Waals surface area contributed by atoms with Gasteiger partial charge in [-0.25, -0.2) is 4.98 Å². The van der Waals surface area contributed by atoms with E-state index in [4.69, 9.17) is 10.5 Å². The lowest BCUT2D eigenvalue weighted by atomic mass is 9.94. The van der Waals surface area contributed by atoms with Gasteiger partial charge in [0.15, 0.2) is 0 Å². The highest BCUT2D eigenvalue weighted by Gasteiger charge is 2.30. The molecule has 0 bridgehead atoms. The molecule has 3 N–H and O–H groups in total. The van der Waals surface area contributed by atoms with Crippen molar-refractivity contribution in [3.05, 3.63) is 53.7 Å². The van der Waals surface area contributed by atoms with Crippen LogP contribution in [0.25, 0.3) is 0 Å². The number of carbonyl (C=O) groups excluding carboxylic acids is 1. The van der Waals surface area contributed by atoms with Crippen LogP contribution in [0.3, 0.4) is 0 Å². The number of nitrogens with zero attached hydrogens (tertiary/aromatic N) is 1. The SMILES string of the molecule is CCC(N)(CC)CNC(=O)c1ccc(Oc2ccc(C(F)(F)F)cn2)cc1.Cl.Cl. The van der Waals surface area contributed by atoms with Crippen molar-refractivity contribution < 1.29 is 22.7 Å². The number of hydrogen-bond donors (Lipinski definition) is 2. The number of nitrogens with two attached hydrogens (primary N) is 1. The van der Waals surface area contributed by atoms with E-state index in [9.17, 15) is 18.0 Å². The first-order valence-corrected chi connectivity index (χ1v) is 8.55. The number of alkyl halides is 3. The van der Waals surface area contributed by atoms with Gasteiger partial charge in [-0.2, -0.15) is 13.2 Å². The Bertz CT molecular complexity index is 766. The van der Waals surface area contributed by atoms with Crippen LogP contribution in [-0.4, -0.2) is 23.0 Å². The zero-order valence-corrected chi connectivity index (χ0v) is 17.6. The van der Waals surface area contributed by atoms with Crippen molar-refractivity contribution in [1.82, 2.24) is 10.3 Å². The van der Waals surface area contributed by atoms with Gasteiger partial charge in [-0.15, -0.1) is 24.8 Å². The first kappa shape index (κ1) is 27.0. The molecule has 0 aliphatic heterocycles. The summed E-state index contributed by atoms with van der Waals surface area (Å²) in [7, 11) is 0. The van der Waals surface area contributed by atoms with E-state index in [0.29, 0.717) is 24.1 Å². The van der Waals surface area contributed by atoms with Gasteiger partial charge in [0.25, 0.3) is 5.91 Å². The first-order valence-electron chi connectivity index (χ1n) is 8.55. The molecule has 0 fully saturated rings. The smallest absolute Gasteiger partial charge is 0.417 e. The maximum atomic E-state index is 12.5. The molecular formula is C19H24Cl2F3N3O2. The monoisotopic (exact) mass is 453 g/mol. The highest BCUT2D eigenvalue weighted by molar-refractivity contribution is 5.94. The summed E-state index contributed by atoms with van der Waals surface area (Å²) in [4.78, 5) is 15.8. The van der Waals surface area contributed by atoms with Crippen LogP contribution in [0.1, 0.15) is 42.6 Å². The fourth-order valence-corrected chi connectivity index (χ4v) is 2.26. The van der Waals surface area contributed by atoms with E-state index in [0.717, 1.165) is 25.0 Å². The maximum absolute atomic E-state index is 12.5. The third-order valence-corrected chi connectivity index (χ3v) is 4.41. The number of hydrogen-bond acceptors (Lipinski definition) is 4. The van der Waals surface area contributed by atoms with E-state index in [1.165, 1.54) is 0 Å². The average Bonchev–Trinajstić information content (AvgIpc) is 2.66. The Morgan fingerprint density at radius 1 is 1.07 bits per heavy atom. The summed E-state index contributed by atoms with van der Waals surface area (Å²) in [5.41, 5.74) is 5.30. The van der Waals surface area contributed by atoms with Crippen molar-refractivity contribution in [2.24, 2.45) is 5.73 Å². The van der Waals surface area contributed by atoms with Crippen LogP contribution in [-0.2, 0) is 6.18 Å². The average molecular weight is 454 g/mol. The Labute approximate surface area is 180 Å². The summed E-state index contributed by atoms with van der Waals surface area (Å²) in [6.07, 6.45) is -2.25. The van der Waals surface area contributed by atoms with Gasteiger partial charge in [-0.05, 0) is 43.2 Å². The molecule has 10 heteroatoms. The molecule has 1 aromatic heterocycles. The fraction of sp³-hybridized carbons (Fsp3) is 0.368. The molecule has 0 atom stereocenters. The Hall–Kier alpha value is -2.03. The van der Waals surface area contributed by atoms with E-state index in [2.05, 4.69) is 10.3 Å². The summed E-state index contributed by atoms with van der Waals surface area (Å²) in [5, 5.41) is 2.81. The molecule has 0 aliphatic carbocycles. The summed E-state index contributed by atoms with van der Waals surface area (Å²) < 4.78 is 43.0. The van der Waals surface area contributed by atoms with Gasteiger partial charge in [0.05, 0.1) is 5.56 Å². The van der Waals surface area contributed by atoms with E-state index >= 15 is 0 Å². The molecule has 0 unspecified atom stereocenters. The summed E-state index contributed by atoms with van der Waals surface area (Å²) in [5.74, 6) is 0.124. The molecule has 2 rings (SSSR count). The normalized spacial score (nSPS) is 11.1. The molecule has 0 spiro atoms. The largest absolute Gasteiger partial charge is 0.439 e. The summed E-state index contributed by atoms with van der Waals surface area (Å²) >= 11 is 0. The molecule has 1 heterocycles. The van der Waals surface area contributed by atoms with Crippen molar-refractivity contribution in [1.29, 1.82) is 0 Å². The second kappa shape index (κ2) is 11.2. The van der Waals surface area contributed by atoms with Crippen molar-refractivity contribution in [2.75, 3.05) is 6.54 Å². The standard InChI is InChI=1S/C19H22F3N3O2.2ClH/c1-3-18(23,4-2)12-25-17(26)13-5-8-15(9-6-13)27-16-10-7-14(11-24-16)19(20,21)22;;/h5-11H,3-4,12,23H2,1-2H3,(H,25,26);2*1H. The number of carbonyl (C=O) groups is 1. The lowest BCUT2D eigenvalue weighted by molar-refractivity contribution is -0.137. The molecule has 0 aliphatic rings. The van der Waals surface area contributed by atoms with Crippen LogP contribution in [0.2, 0.25) is 0 Å². The third-order valence-electron chi connectivity index (χ3n) is 4.41. The minimum atomic E-state index is -4.45. The number of pyridine rings is 1. The molecule has 0 saturated heterocycles. The number of benzene rings is 1. The lowest BCUT2D eigenvalue weighted by Gasteiger charge is -2.26. The van der Waals surface area contributed by atoms with E-state index in [1.54, 1.807) is 24.3 Å². The van der Waals surface area contributed by atoms with Crippen LogP contribution in [0.4, 0.5) is 13.2 Å². The van der Waals surface area contributed by atoms with Crippen LogP contribution in [0, 0.1) is 0 Å². The minimum Gasteiger partial charge on any atom is -0.439 e. The van der Waals surface area contributed by atoms with Crippen LogP contribution < -0.4 is 15.8 Å². The summed E-state index contributed by atoms with van der Waals surface area (Å²) in [6.45, 7) is 4.31. The molecule has 162 valence electrons. The van der Waals surface area contributed by atoms with Crippen molar-refractivity contribution >= 4 is 30.7 Å². The summed E-state index contributed by atoms with van der Waals surface area (Å²) in [6, 6.07) is 8.24. The van der Waals surface area contributed by atoms with Gasteiger partial charge < -0.3 is 15.8 Å². The molecule has 5 nitrogen and oxygen atoms in total. The number of aromatic nitrogens is 1. The van der Waals surface area contributed by atoms with Crippen LogP contribution in [0.15, 0.2) is 42.6 Å². The molecule has 1 amide bonds. The molecule has 2 aromatic rings. The Balaban J connectivity index is 0.00000392. The minimum absolute atomic E-state index is 0. The van der Waals surface area contributed by atoms with Crippen molar-refractivity contribution in [3.63, 3.8) is 0 Å². The molecular weight excluding hydrogens is 430 g/mol. The van der Waals surface area contributed by atoms with Gasteiger partial charge in [0.1, 0.15) is 5.75 Å². The van der Waals surface area contributed by atoms with Gasteiger partial charge in [0, 0.05) is 29.9 Å². The van der Waals surface area contributed by atoms with Crippen LogP contribution >= 0.6 is 24.8 Å². The zero-order valence-electron chi connectivity index (χ0n) is 16.0. The molecule has 1 aromatic carbocycles. The molecule has 0 saturated carbocycles. The second-order valence-electron chi connectivity index (χ2n) is 6.26. The second-order valence-corrected chi connectivity index (χ2v) is 6.26. The van der Waals surface area contributed by atoms with E-state index in [-0.39, 0.29) is 36.6 Å². The predicted octanol–water partition coefficient (Wildman–Crippen LogP) is 4.98. The number of amides is 1. The Morgan fingerprint density at radius 3 is 2.10 bits per heavy atom. The third kappa shape index (κ3) is 7.72. The highest BCUT2D eigenvalue weighted by Crippen LogP contribution is 2.30. The highest BCUT2D eigenvalue weighted by atomic mass is 35.5. The number of halogens is 5. The number of ether oxygens (including phenoxy) is 1. The zero-order chi connectivity index (χ0) is 20.1. The fourth-order valence-electron chi connectivity index (χ4n) is 2.26. The quantitative estimate of drug-likeness (QED) is 0.619. The number of nitrogens with one attached hydrogen (secondary N) is 1. The molecule has 29 heavy (non-hydrogen) atoms. The lowest BCUT2D eigenvalue weighted by Crippen LogP contribution is -2.49. The maximum Gasteiger partial charge on any atom is 0.417 e. The Morgan fingerprint density at radius 2 is 1.66 bits per heavy atom. The van der Waals surface area contributed by atoms with Gasteiger partial charge in [-0.1, -0.05) is 13.8 Å². The van der Waals surface area contributed by atoms with Gasteiger partial charge in [-0.3, -0.25) is 4.79 Å². The topological polar surface area (TPSA) is 77.2 Å². The molecule has 0 radical (unpaired) electrons. The number of rotatable bonds is 7. The van der Waals surface area contributed by atoms with Crippen molar-refractivity contribution in [2.45, 2.75) is 38.4 Å². The first-order chi connectivity index (χ1) is 12.7.